The fourth-order valence-electron chi connectivity index (χ4n) is 2.13. The molecule has 0 amide bonds. The molecular weight excluding hydrogens is 262 g/mol. The van der Waals surface area contributed by atoms with Crippen molar-refractivity contribution >= 4 is 5.82 Å². The largest absolute Gasteiger partial charge is 0.491 e. The van der Waals surface area contributed by atoms with Gasteiger partial charge in [-0.15, -0.1) is 0 Å². The minimum Gasteiger partial charge on any atom is -0.491 e. The van der Waals surface area contributed by atoms with E-state index in [1.807, 2.05) is 44.2 Å². The summed E-state index contributed by atoms with van der Waals surface area (Å²) >= 11 is 0. The second-order valence-corrected chi connectivity index (χ2v) is 5.90. The molecule has 0 saturated heterocycles. The maximum absolute atomic E-state index is 5.89. The molecule has 112 valence electrons. The second-order valence-electron chi connectivity index (χ2n) is 5.90. The number of anilines is 1. The van der Waals surface area contributed by atoms with Gasteiger partial charge < -0.3 is 10.5 Å². The van der Waals surface area contributed by atoms with Crippen LogP contribution in [0.3, 0.4) is 0 Å². The Kier molecular flexibility index (Phi) is 4.78. The Balaban J connectivity index is 2.26. The van der Waals surface area contributed by atoms with Gasteiger partial charge in [-0.25, -0.2) is 9.97 Å². The van der Waals surface area contributed by atoms with E-state index >= 15 is 0 Å². The number of aromatic nitrogens is 2. The molecule has 0 bridgehead atoms. The Labute approximate surface area is 126 Å². The quantitative estimate of drug-likeness (QED) is 0.909. The van der Waals surface area contributed by atoms with Gasteiger partial charge in [0.25, 0.3) is 0 Å². The lowest BCUT2D eigenvalue weighted by Crippen LogP contribution is -2.05. The number of ether oxygens (including phenoxy) is 1. The van der Waals surface area contributed by atoms with E-state index in [1.54, 1.807) is 0 Å². The molecule has 0 saturated carbocycles. The second kappa shape index (κ2) is 6.57. The number of nitrogens with zero attached hydrogens (tertiary/aromatic N) is 2. The lowest BCUT2D eigenvalue weighted by Gasteiger charge is -2.11. The Hall–Kier alpha value is -2.10. The first-order valence-electron chi connectivity index (χ1n) is 7.34. The highest BCUT2D eigenvalue weighted by atomic mass is 16.5. The molecule has 0 fully saturated rings. The third-order valence-corrected chi connectivity index (χ3v) is 2.90. The molecule has 0 spiro atoms. The van der Waals surface area contributed by atoms with Gasteiger partial charge in [0.2, 0.25) is 0 Å². The van der Waals surface area contributed by atoms with Crippen LogP contribution in [0.2, 0.25) is 0 Å². The summed E-state index contributed by atoms with van der Waals surface area (Å²) < 4.78 is 5.64. The smallest absolute Gasteiger partial charge is 0.161 e. The summed E-state index contributed by atoms with van der Waals surface area (Å²) in [6.45, 7) is 8.34. The number of benzene rings is 1. The Bertz CT molecular complexity index is 591. The van der Waals surface area contributed by atoms with E-state index in [4.69, 9.17) is 10.5 Å². The molecule has 0 aliphatic carbocycles. The van der Waals surface area contributed by atoms with Gasteiger partial charge in [0, 0.05) is 17.3 Å². The van der Waals surface area contributed by atoms with Gasteiger partial charge in [-0.1, -0.05) is 13.8 Å². The highest BCUT2D eigenvalue weighted by molar-refractivity contribution is 5.58. The highest BCUT2D eigenvalue weighted by Gasteiger charge is 2.07. The van der Waals surface area contributed by atoms with Gasteiger partial charge in [0.15, 0.2) is 5.82 Å². The van der Waals surface area contributed by atoms with Gasteiger partial charge in [-0.3, -0.25) is 0 Å². The van der Waals surface area contributed by atoms with E-state index < -0.39 is 0 Å². The van der Waals surface area contributed by atoms with Crippen molar-refractivity contribution in [2.45, 2.75) is 40.2 Å². The standard InChI is InChI=1S/C17H23N3O/c1-11(2)9-14-10-16(18)20-17(19-14)13-5-7-15(8-6-13)21-12(3)4/h5-8,10-12H,9H2,1-4H3,(H2,18,19,20). The Morgan fingerprint density at radius 1 is 1.05 bits per heavy atom. The van der Waals surface area contributed by atoms with Crippen molar-refractivity contribution in [1.29, 1.82) is 0 Å². The van der Waals surface area contributed by atoms with Crippen LogP contribution in [0, 0.1) is 5.92 Å². The van der Waals surface area contributed by atoms with Crippen LogP contribution in [-0.2, 0) is 6.42 Å². The fourth-order valence-corrected chi connectivity index (χ4v) is 2.13. The summed E-state index contributed by atoms with van der Waals surface area (Å²) in [5.41, 5.74) is 7.82. The van der Waals surface area contributed by atoms with E-state index in [0.29, 0.717) is 17.6 Å². The Morgan fingerprint density at radius 3 is 2.29 bits per heavy atom. The number of rotatable bonds is 5. The molecule has 2 rings (SSSR count). The zero-order chi connectivity index (χ0) is 15.4. The summed E-state index contributed by atoms with van der Waals surface area (Å²) in [6.07, 6.45) is 1.06. The van der Waals surface area contributed by atoms with Crippen molar-refractivity contribution < 1.29 is 4.74 Å². The SMILES string of the molecule is CC(C)Cc1cc(N)nc(-c2ccc(OC(C)C)cc2)n1. The highest BCUT2D eigenvalue weighted by Crippen LogP contribution is 2.22. The van der Waals surface area contributed by atoms with E-state index in [-0.39, 0.29) is 6.10 Å². The molecule has 4 nitrogen and oxygen atoms in total. The lowest BCUT2D eigenvalue weighted by molar-refractivity contribution is 0.242. The van der Waals surface area contributed by atoms with Gasteiger partial charge in [-0.05, 0) is 50.5 Å². The van der Waals surface area contributed by atoms with Crippen molar-refractivity contribution in [3.63, 3.8) is 0 Å². The van der Waals surface area contributed by atoms with E-state index in [0.717, 1.165) is 23.4 Å². The summed E-state index contributed by atoms with van der Waals surface area (Å²) in [5.74, 6) is 2.56. The predicted octanol–water partition coefficient (Wildman–Crippen LogP) is 3.71. The molecule has 4 heteroatoms. The average molecular weight is 285 g/mol. The van der Waals surface area contributed by atoms with Crippen molar-refractivity contribution in [2.24, 2.45) is 5.92 Å². The van der Waals surface area contributed by atoms with Gasteiger partial charge >= 0.3 is 0 Å². The molecular formula is C17H23N3O. The molecule has 1 aromatic heterocycles. The summed E-state index contributed by atoms with van der Waals surface area (Å²) in [4.78, 5) is 8.93. The molecule has 1 aromatic carbocycles. The average Bonchev–Trinajstić information content (AvgIpc) is 2.37. The van der Waals surface area contributed by atoms with Crippen LogP contribution in [-0.4, -0.2) is 16.1 Å². The molecule has 0 aliphatic rings. The molecule has 0 atom stereocenters. The van der Waals surface area contributed by atoms with Crippen LogP contribution in [0.25, 0.3) is 11.4 Å². The molecule has 0 radical (unpaired) electrons. The maximum Gasteiger partial charge on any atom is 0.161 e. The minimum atomic E-state index is 0.164. The van der Waals surface area contributed by atoms with Crippen LogP contribution in [0.15, 0.2) is 30.3 Å². The third kappa shape index (κ3) is 4.45. The van der Waals surface area contributed by atoms with Crippen molar-refractivity contribution in [1.82, 2.24) is 9.97 Å². The van der Waals surface area contributed by atoms with Crippen LogP contribution >= 0.6 is 0 Å². The molecule has 21 heavy (non-hydrogen) atoms. The summed E-state index contributed by atoms with van der Waals surface area (Å²) in [7, 11) is 0. The molecule has 0 aliphatic heterocycles. The zero-order valence-electron chi connectivity index (χ0n) is 13.1. The number of nitrogen functional groups attached to an aromatic ring is 1. The van der Waals surface area contributed by atoms with Crippen molar-refractivity contribution in [2.75, 3.05) is 5.73 Å². The zero-order valence-corrected chi connectivity index (χ0v) is 13.1. The normalized spacial score (nSPS) is 11.1. The first-order valence-corrected chi connectivity index (χ1v) is 7.34. The van der Waals surface area contributed by atoms with Crippen LogP contribution in [0.5, 0.6) is 5.75 Å². The first-order chi connectivity index (χ1) is 9.94. The predicted molar refractivity (Wildman–Crippen MR) is 86.2 cm³/mol. The number of hydrogen-bond acceptors (Lipinski definition) is 4. The molecule has 0 unspecified atom stereocenters. The van der Waals surface area contributed by atoms with E-state index in [1.165, 1.54) is 0 Å². The Morgan fingerprint density at radius 2 is 1.71 bits per heavy atom. The van der Waals surface area contributed by atoms with Crippen LogP contribution in [0.4, 0.5) is 5.82 Å². The van der Waals surface area contributed by atoms with Gasteiger partial charge in [-0.2, -0.15) is 0 Å². The fraction of sp³-hybridized carbons (Fsp3) is 0.412. The maximum atomic E-state index is 5.89. The van der Waals surface area contributed by atoms with E-state index in [2.05, 4.69) is 23.8 Å². The number of nitrogens with two attached hydrogens (primary N) is 1. The van der Waals surface area contributed by atoms with Gasteiger partial charge in [0.05, 0.1) is 6.10 Å². The molecule has 1 heterocycles. The molecule has 2 N–H and O–H groups in total. The van der Waals surface area contributed by atoms with Crippen LogP contribution in [0.1, 0.15) is 33.4 Å². The summed E-state index contributed by atoms with van der Waals surface area (Å²) in [6, 6.07) is 9.64. The summed E-state index contributed by atoms with van der Waals surface area (Å²) in [5, 5.41) is 0. The third-order valence-electron chi connectivity index (χ3n) is 2.90. The topological polar surface area (TPSA) is 61.0 Å². The van der Waals surface area contributed by atoms with E-state index in [9.17, 15) is 0 Å². The number of hydrogen-bond donors (Lipinski definition) is 1. The first kappa shape index (κ1) is 15.3. The monoisotopic (exact) mass is 285 g/mol. The van der Waals surface area contributed by atoms with Crippen molar-refractivity contribution in [3.8, 4) is 17.1 Å². The van der Waals surface area contributed by atoms with Gasteiger partial charge in [0.1, 0.15) is 11.6 Å². The van der Waals surface area contributed by atoms with Crippen molar-refractivity contribution in [3.05, 3.63) is 36.0 Å². The molecule has 2 aromatic rings. The lowest BCUT2D eigenvalue weighted by atomic mass is 10.1. The van der Waals surface area contributed by atoms with Crippen LogP contribution < -0.4 is 10.5 Å². The minimum absolute atomic E-state index is 0.164.